The third kappa shape index (κ3) is 3.27. The van der Waals surface area contributed by atoms with Crippen molar-refractivity contribution in [2.45, 2.75) is 25.2 Å². The summed E-state index contributed by atoms with van der Waals surface area (Å²) in [5.74, 6) is 0.282. The Labute approximate surface area is 145 Å². The number of carbonyl (C=O) groups is 1. The summed E-state index contributed by atoms with van der Waals surface area (Å²) in [4.78, 5) is 18.8. The zero-order valence-electron chi connectivity index (χ0n) is 13.9. The number of imidazole rings is 1. The van der Waals surface area contributed by atoms with E-state index < -0.39 is 0 Å². The van der Waals surface area contributed by atoms with Crippen LogP contribution in [0.2, 0.25) is 0 Å². The molecular weight excluding hydrogens is 317 g/mol. The zero-order valence-corrected chi connectivity index (χ0v) is 13.9. The third-order valence-corrected chi connectivity index (χ3v) is 4.99. The van der Waals surface area contributed by atoms with Crippen LogP contribution in [0, 0.1) is 5.82 Å². The normalized spacial score (nSPS) is 15.6. The van der Waals surface area contributed by atoms with Crippen molar-refractivity contribution in [3.8, 4) is 0 Å². The van der Waals surface area contributed by atoms with E-state index in [0.29, 0.717) is 12.3 Å². The second-order valence-corrected chi connectivity index (χ2v) is 6.56. The van der Waals surface area contributed by atoms with Crippen LogP contribution in [0.4, 0.5) is 4.39 Å². The van der Waals surface area contributed by atoms with E-state index in [4.69, 9.17) is 0 Å². The number of pyridine rings is 1. The first-order valence-electron chi connectivity index (χ1n) is 8.65. The van der Waals surface area contributed by atoms with Crippen molar-refractivity contribution in [1.82, 2.24) is 14.3 Å². The summed E-state index contributed by atoms with van der Waals surface area (Å²) in [5, 5.41) is 0. The number of halogens is 1. The maximum absolute atomic E-state index is 13.0. The van der Waals surface area contributed by atoms with Gasteiger partial charge in [-0.3, -0.25) is 4.79 Å². The van der Waals surface area contributed by atoms with Gasteiger partial charge in [0, 0.05) is 37.1 Å². The van der Waals surface area contributed by atoms with E-state index in [1.807, 2.05) is 29.4 Å². The highest BCUT2D eigenvalue weighted by Gasteiger charge is 2.25. The molecule has 2 aromatic heterocycles. The monoisotopic (exact) mass is 337 g/mol. The molecule has 25 heavy (non-hydrogen) atoms. The topological polar surface area (TPSA) is 37.6 Å². The van der Waals surface area contributed by atoms with Crippen molar-refractivity contribution in [2.75, 3.05) is 13.1 Å². The van der Waals surface area contributed by atoms with Crippen molar-refractivity contribution in [3.05, 3.63) is 71.9 Å². The van der Waals surface area contributed by atoms with Crippen molar-refractivity contribution in [3.63, 3.8) is 0 Å². The molecule has 1 saturated heterocycles. The van der Waals surface area contributed by atoms with E-state index in [1.165, 1.54) is 17.8 Å². The van der Waals surface area contributed by atoms with Crippen molar-refractivity contribution in [2.24, 2.45) is 0 Å². The molecular formula is C20H20FN3O. The van der Waals surface area contributed by atoms with Gasteiger partial charge in [0.25, 0.3) is 0 Å². The summed E-state index contributed by atoms with van der Waals surface area (Å²) >= 11 is 0. The number of hydrogen-bond donors (Lipinski definition) is 0. The van der Waals surface area contributed by atoms with E-state index in [2.05, 4.69) is 15.5 Å². The average molecular weight is 337 g/mol. The fourth-order valence-electron chi connectivity index (χ4n) is 3.62. The second kappa shape index (κ2) is 6.67. The van der Waals surface area contributed by atoms with E-state index in [0.717, 1.165) is 37.1 Å². The van der Waals surface area contributed by atoms with Crippen LogP contribution < -0.4 is 0 Å². The summed E-state index contributed by atoms with van der Waals surface area (Å²) in [6.07, 6.45) is 6.05. The molecule has 0 saturated carbocycles. The van der Waals surface area contributed by atoms with E-state index in [9.17, 15) is 9.18 Å². The SMILES string of the molecule is O=C(Cc1ccc(F)cc1)N1CCC(c2cccc3nccn23)CC1. The van der Waals surface area contributed by atoms with E-state index >= 15 is 0 Å². The lowest BCUT2D eigenvalue weighted by Gasteiger charge is -2.32. The number of hydrogen-bond acceptors (Lipinski definition) is 2. The molecule has 4 rings (SSSR count). The molecule has 0 bridgehead atoms. The first kappa shape index (κ1) is 15.8. The van der Waals surface area contributed by atoms with Gasteiger partial charge in [-0.05, 0) is 42.7 Å². The van der Waals surface area contributed by atoms with Crippen LogP contribution in [0.5, 0.6) is 0 Å². The highest BCUT2D eigenvalue weighted by atomic mass is 19.1. The summed E-state index contributed by atoms with van der Waals surface area (Å²) in [5.41, 5.74) is 3.09. The Morgan fingerprint density at radius 3 is 2.64 bits per heavy atom. The van der Waals surface area contributed by atoms with Gasteiger partial charge in [0.2, 0.25) is 5.91 Å². The fraction of sp³-hybridized carbons (Fsp3) is 0.300. The molecule has 1 aliphatic rings. The molecule has 0 spiro atoms. The molecule has 0 aliphatic carbocycles. The number of rotatable bonds is 3. The summed E-state index contributed by atoms with van der Waals surface area (Å²) in [6, 6.07) is 12.4. The molecule has 1 aromatic carbocycles. The Hall–Kier alpha value is -2.69. The second-order valence-electron chi connectivity index (χ2n) is 6.56. The molecule has 0 atom stereocenters. The predicted octanol–water partition coefficient (Wildman–Crippen LogP) is 3.42. The van der Waals surface area contributed by atoms with Crippen LogP contribution in [-0.4, -0.2) is 33.3 Å². The number of amides is 1. The number of nitrogens with zero attached hydrogens (tertiary/aromatic N) is 3. The summed E-state index contributed by atoms with van der Waals surface area (Å²) in [6.45, 7) is 1.52. The molecule has 5 heteroatoms. The van der Waals surface area contributed by atoms with Gasteiger partial charge < -0.3 is 9.30 Å². The van der Waals surface area contributed by atoms with Gasteiger partial charge in [0.1, 0.15) is 11.5 Å². The van der Waals surface area contributed by atoms with Gasteiger partial charge in [-0.15, -0.1) is 0 Å². The van der Waals surface area contributed by atoms with Crippen LogP contribution in [0.15, 0.2) is 54.9 Å². The van der Waals surface area contributed by atoms with Gasteiger partial charge >= 0.3 is 0 Å². The summed E-state index contributed by atoms with van der Waals surface area (Å²) < 4.78 is 15.1. The van der Waals surface area contributed by atoms with E-state index in [-0.39, 0.29) is 11.7 Å². The number of aromatic nitrogens is 2. The minimum atomic E-state index is -0.273. The number of benzene rings is 1. The Balaban J connectivity index is 1.40. The van der Waals surface area contributed by atoms with Crippen LogP contribution in [0.25, 0.3) is 5.65 Å². The maximum atomic E-state index is 13.0. The first-order valence-corrected chi connectivity index (χ1v) is 8.65. The smallest absolute Gasteiger partial charge is 0.226 e. The zero-order chi connectivity index (χ0) is 17.2. The molecule has 1 aliphatic heterocycles. The molecule has 0 radical (unpaired) electrons. The van der Waals surface area contributed by atoms with Gasteiger partial charge in [0.05, 0.1) is 6.42 Å². The minimum absolute atomic E-state index is 0.117. The Bertz CT molecular complexity index is 879. The molecule has 1 amide bonds. The largest absolute Gasteiger partial charge is 0.342 e. The molecule has 1 fully saturated rings. The first-order chi connectivity index (χ1) is 12.2. The predicted molar refractivity (Wildman–Crippen MR) is 93.9 cm³/mol. The Morgan fingerprint density at radius 1 is 1.12 bits per heavy atom. The quantitative estimate of drug-likeness (QED) is 0.734. The molecule has 3 aromatic rings. The lowest BCUT2D eigenvalue weighted by atomic mass is 9.92. The lowest BCUT2D eigenvalue weighted by Crippen LogP contribution is -2.39. The van der Waals surface area contributed by atoms with Crippen molar-refractivity contribution < 1.29 is 9.18 Å². The molecule has 128 valence electrons. The van der Waals surface area contributed by atoms with Crippen LogP contribution in [0.3, 0.4) is 0 Å². The number of carbonyl (C=O) groups excluding carboxylic acids is 1. The number of piperidine rings is 1. The molecule has 0 unspecified atom stereocenters. The van der Waals surface area contributed by atoms with E-state index in [1.54, 1.807) is 12.1 Å². The summed E-state index contributed by atoms with van der Waals surface area (Å²) in [7, 11) is 0. The van der Waals surface area contributed by atoms with Gasteiger partial charge in [-0.2, -0.15) is 0 Å². The van der Waals surface area contributed by atoms with Gasteiger partial charge in [-0.1, -0.05) is 18.2 Å². The Morgan fingerprint density at radius 2 is 1.88 bits per heavy atom. The van der Waals surface area contributed by atoms with Gasteiger partial charge in [-0.25, -0.2) is 9.37 Å². The molecule has 4 nitrogen and oxygen atoms in total. The highest BCUT2D eigenvalue weighted by molar-refractivity contribution is 5.78. The number of fused-ring (bicyclic) bond motifs is 1. The number of likely N-dealkylation sites (tertiary alicyclic amines) is 1. The molecule has 0 N–H and O–H groups in total. The van der Waals surface area contributed by atoms with Crippen LogP contribution in [-0.2, 0) is 11.2 Å². The minimum Gasteiger partial charge on any atom is -0.342 e. The van der Waals surface area contributed by atoms with Crippen LogP contribution >= 0.6 is 0 Å². The van der Waals surface area contributed by atoms with Crippen molar-refractivity contribution >= 4 is 11.6 Å². The fourth-order valence-corrected chi connectivity index (χ4v) is 3.62. The third-order valence-electron chi connectivity index (χ3n) is 4.99. The molecule has 3 heterocycles. The van der Waals surface area contributed by atoms with Crippen LogP contribution in [0.1, 0.15) is 30.0 Å². The highest BCUT2D eigenvalue weighted by Crippen LogP contribution is 2.28. The Kier molecular flexibility index (Phi) is 4.22. The lowest BCUT2D eigenvalue weighted by molar-refractivity contribution is -0.131. The van der Waals surface area contributed by atoms with Crippen molar-refractivity contribution in [1.29, 1.82) is 0 Å². The average Bonchev–Trinajstić information content (AvgIpc) is 3.12. The maximum Gasteiger partial charge on any atom is 0.226 e. The standard InChI is InChI=1S/C20H20FN3O/c21-17-6-4-15(5-7-17)14-20(25)23-11-8-16(9-12-23)18-2-1-3-19-22-10-13-24(18)19/h1-7,10,13,16H,8-9,11-12,14H2. The van der Waals surface area contributed by atoms with Gasteiger partial charge in [0.15, 0.2) is 0 Å².